The van der Waals surface area contributed by atoms with E-state index in [0.29, 0.717) is 9.13 Å². The molecule has 0 amide bonds. The topological polar surface area (TPSA) is 33.1 Å². The first-order valence-electron chi connectivity index (χ1n) is 6.13. The van der Waals surface area contributed by atoms with E-state index in [2.05, 4.69) is 4.98 Å². The number of pyridine rings is 1. The number of benzene rings is 2. The van der Waals surface area contributed by atoms with E-state index in [1.54, 1.807) is 12.3 Å². The smallest absolute Gasteiger partial charge is 0.124 e. The molecule has 0 spiro atoms. The van der Waals surface area contributed by atoms with Crippen molar-refractivity contribution in [3.63, 3.8) is 0 Å². The van der Waals surface area contributed by atoms with E-state index < -0.39 is 6.10 Å². The summed E-state index contributed by atoms with van der Waals surface area (Å²) in [6.07, 6.45) is 0.884. The van der Waals surface area contributed by atoms with Crippen molar-refractivity contribution in [3.05, 3.63) is 75.2 Å². The monoisotopic (exact) mass is 379 g/mol. The van der Waals surface area contributed by atoms with Gasteiger partial charge in [0.05, 0.1) is 5.52 Å². The molecule has 0 saturated carbocycles. The third-order valence-corrected chi connectivity index (χ3v) is 4.15. The van der Waals surface area contributed by atoms with E-state index in [4.69, 9.17) is 0 Å². The molecule has 4 heteroatoms. The Labute approximate surface area is 129 Å². The summed E-state index contributed by atoms with van der Waals surface area (Å²) >= 11 is 2.03. The first-order valence-corrected chi connectivity index (χ1v) is 7.21. The van der Waals surface area contributed by atoms with Crippen molar-refractivity contribution in [1.29, 1.82) is 0 Å². The van der Waals surface area contributed by atoms with Gasteiger partial charge in [-0.1, -0.05) is 30.3 Å². The Morgan fingerprint density at radius 3 is 2.65 bits per heavy atom. The van der Waals surface area contributed by atoms with Gasteiger partial charge in [-0.05, 0) is 46.4 Å². The minimum absolute atomic E-state index is 0.304. The highest BCUT2D eigenvalue weighted by Gasteiger charge is 2.17. The Bertz CT molecular complexity index is 770. The van der Waals surface area contributed by atoms with Gasteiger partial charge in [-0.2, -0.15) is 0 Å². The number of hydrogen-bond donors (Lipinski definition) is 1. The molecule has 0 radical (unpaired) electrons. The van der Waals surface area contributed by atoms with E-state index in [1.807, 2.05) is 52.9 Å². The lowest BCUT2D eigenvalue weighted by Crippen LogP contribution is -2.04. The molecule has 1 aromatic heterocycles. The zero-order chi connectivity index (χ0) is 14.1. The Hall–Kier alpha value is -1.53. The van der Waals surface area contributed by atoms with Crippen molar-refractivity contribution >= 4 is 33.5 Å². The number of hydrogen-bond acceptors (Lipinski definition) is 2. The van der Waals surface area contributed by atoms with Gasteiger partial charge in [0, 0.05) is 20.7 Å². The lowest BCUT2D eigenvalue weighted by molar-refractivity contribution is 0.220. The highest BCUT2D eigenvalue weighted by molar-refractivity contribution is 14.1. The number of halogens is 2. The maximum absolute atomic E-state index is 13.2. The van der Waals surface area contributed by atoms with Crippen molar-refractivity contribution in [2.24, 2.45) is 0 Å². The van der Waals surface area contributed by atoms with Gasteiger partial charge in [0.25, 0.3) is 0 Å². The quantitative estimate of drug-likeness (QED) is 0.682. The first kappa shape index (κ1) is 13.5. The second-order valence-corrected chi connectivity index (χ2v) is 5.65. The predicted octanol–water partition coefficient (Wildman–Crippen LogP) is 4.06. The Balaban J connectivity index is 2.15. The third-order valence-electron chi connectivity index (χ3n) is 3.22. The summed E-state index contributed by atoms with van der Waals surface area (Å²) in [5, 5.41) is 11.6. The van der Waals surface area contributed by atoms with Crippen LogP contribution in [0.15, 0.2) is 54.7 Å². The molecule has 0 fully saturated rings. The molecule has 1 unspecified atom stereocenters. The van der Waals surface area contributed by atoms with Gasteiger partial charge in [0.2, 0.25) is 0 Å². The van der Waals surface area contributed by atoms with Crippen molar-refractivity contribution in [1.82, 2.24) is 4.98 Å². The second kappa shape index (κ2) is 5.46. The molecule has 0 aliphatic carbocycles. The first-order chi connectivity index (χ1) is 9.66. The maximum Gasteiger partial charge on any atom is 0.124 e. The minimum atomic E-state index is -0.818. The van der Waals surface area contributed by atoms with E-state index in [0.717, 1.165) is 16.5 Å². The fourth-order valence-corrected chi connectivity index (χ4v) is 3.01. The average Bonchev–Trinajstić information content (AvgIpc) is 2.46. The van der Waals surface area contributed by atoms with Crippen LogP contribution in [0.25, 0.3) is 10.9 Å². The molecule has 20 heavy (non-hydrogen) atoms. The predicted molar refractivity (Wildman–Crippen MR) is 84.9 cm³/mol. The molecule has 2 aromatic carbocycles. The number of rotatable bonds is 2. The van der Waals surface area contributed by atoms with Gasteiger partial charge in [-0.3, -0.25) is 4.98 Å². The van der Waals surface area contributed by atoms with Crippen molar-refractivity contribution < 1.29 is 9.50 Å². The van der Waals surface area contributed by atoms with Crippen LogP contribution in [0.4, 0.5) is 4.39 Å². The summed E-state index contributed by atoms with van der Waals surface area (Å²) in [6.45, 7) is 0. The highest BCUT2D eigenvalue weighted by atomic mass is 127. The average molecular weight is 379 g/mol. The second-order valence-electron chi connectivity index (χ2n) is 4.49. The molecular weight excluding hydrogens is 368 g/mol. The number of aliphatic hydroxyl groups is 1. The van der Waals surface area contributed by atoms with E-state index >= 15 is 0 Å². The van der Waals surface area contributed by atoms with Gasteiger partial charge >= 0.3 is 0 Å². The molecular formula is C16H11FINO. The summed E-state index contributed by atoms with van der Waals surface area (Å²) in [5.41, 5.74) is 2.18. The van der Waals surface area contributed by atoms with Gasteiger partial charge in [-0.15, -0.1) is 0 Å². The minimum Gasteiger partial charge on any atom is -0.384 e. The molecule has 0 saturated heterocycles. The largest absolute Gasteiger partial charge is 0.384 e. The SMILES string of the molecule is OC(c1ccc(F)cc1I)c1cccc2cccnc12. The molecule has 3 aromatic rings. The van der Waals surface area contributed by atoms with Crippen molar-refractivity contribution in [2.45, 2.75) is 6.10 Å². The maximum atomic E-state index is 13.2. The van der Waals surface area contributed by atoms with Gasteiger partial charge in [0.1, 0.15) is 11.9 Å². The lowest BCUT2D eigenvalue weighted by atomic mass is 9.99. The molecule has 3 rings (SSSR count). The summed E-state index contributed by atoms with van der Waals surface area (Å²) < 4.78 is 13.9. The van der Waals surface area contributed by atoms with E-state index in [9.17, 15) is 9.50 Å². The normalized spacial score (nSPS) is 12.6. The van der Waals surface area contributed by atoms with Crippen LogP contribution >= 0.6 is 22.6 Å². The standard InChI is InChI=1S/C16H11FINO/c17-11-6-7-12(14(18)9-11)16(20)13-5-1-3-10-4-2-8-19-15(10)13/h1-9,16,20H. The highest BCUT2D eigenvalue weighted by Crippen LogP contribution is 2.30. The number of para-hydroxylation sites is 1. The zero-order valence-corrected chi connectivity index (χ0v) is 12.6. The molecule has 1 heterocycles. The van der Waals surface area contributed by atoms with Crippen LogP contribution in [-0.4, -0.2) is 10.1 Å². The van der Waals surface area contributed by atoms with Crippen LogP contribution in [0.5, 0.6) is 0 Å². The Morgan fingerprint density at radius 1 is 1.05 bits per heavy atom. The Kier molecular flexibility index (Phi) is 3.67. The van der Waals surface area contributed by atoms with Crippen LogP contribution < -0.4 is 0 Å². The molecule has 1 N–H and O–H groups in total. The van der Waals surface area contributed by atoms with Gasteiger partial charge in [0.15, 0.2) is 0 Å². The number of nitrogens with zero attached hydrogens (tertiary/aromatic N) is 1. The number of fused-ring (bicyclic) bond motifs is 1. The Morgan fingerprint density at radius 2 is 1.85 bits per heavy atom. The molecule has 2 nitrogen and oxygen atoms in total. The molecule has 1 atom stereocenters. The fraction of sp³-hybridized carbons (Fsp3) is 0.0625. The molecule has 100 valence electrons. The number of aromatic nitrogens is 1. The van der Waals surface area contributed by atoms with Gasteiger partial charge < -0.3 is 5.11 Å². The lowest BCUT2D eigenvalue weighted by Gasteiger charge is -2.15. The summed E-state index contributed by atoms with van der Waals surface area (Å²) in [5.74, 6) is -0.304. The van der Waals surface area contributed by atoms with Crippen molar-refractivity contribution in [2.75, 3.05) is 0 Å². The summed E-state index contributed by atoms with van der Waals surface area (Å²) in [6, 6.07) is 13.9. The zero-order valence-electron chi connectivity index (χ0n) is 10.4. The summed E-state index contributed by atoms with van der Waals surface area (Å²) in [4.78, 5) is 4.34. The van der Waals surface area contributed by atoms with Crippen LogP contribution in [0.1, 0.15) is 17.2 Å². The third kappa shape index (κ3) is 2.41. The molecule has 0 aliphatic heterocycles. The van der Waals surface area contributed by atoms with E-state index in [1.165, 1.54) is 12.1 Å². The number of aliphatic hydroxyl groups excluding tert-OH is 1. The molecule has 0 bridgehead atoms. The summed E-state index contributed by atoms with van der Waals surface area (Å²) in [7, 11) is 0. The molecule has 0 aliphatic rings. The van der Waals surface area contributed by atoms with Gasteiger partial charge in [-0.25, -0.2) is 4.39 Å². The van der Waals surface area contributed by atoms with Crippen LogP contribution in [0, 0.1) is 9.39 Å². The van der Waals surface area contributed by atoms with E-state index in [-0.39, 0.29) is 5.82 Å². The van der Waals surface area contributed by atoms with Crippen LogP contribution in [0.2, 0.25) is 0 Å². The van der Waals surface area contributed by atoms with Crippen LogP contribution in [0.3, 0.4) is 0 Å². The van der Waals surface area contributed by atoms with Crippen molar-refractivity contribution in [3.8, 4) is 0 Å². The van der Waals surface area contributed by atoms with Crippen LogP contribution in [-0.2, 0) is 0 Å². The fourth-order valence-electron chi connectivity index (χ4n) is 2.24.